The Morgan fingerprint density at radius 2 is 2.00 bits per heavy atom. The lowest BCUT2D eigenvalue weighted by Crippen LogP contribution is -2.50. The molecule has 2 aromatic heterocycles. The second kappa shape index (κ2) is 11.2. The molecule has 194 valence electrons. The third-order valence-corrected chi connectivity index (χ3v) is 8.69. The molecule has 0 aromatic carbocycles. The van der Waals surface area contributed by atoms with E-state index < -0.39 is 10.0 Å². The van der Waals surface area contributed by atoms with E-state index in [0.717, 1.165) is 29.9 Å². The number of nitriles is 1. The third kappa shape index (κ3) is 6.22. The summed E-state index contributed by atoms with van der Waals surface area (Å²) in [6.45, 7) is 9.94. The minimum Gasteiger partial charge on any atom is -0.492 e. The van der Waals surface area contributed by atoms with Crippen molar-refractivity contribution in [2.45, 2.75) is 33.1 Å². The summed E-state index contributed by atoms with van der Waals surface area (Å²) in [5.74, 6) is 7.47. The minimum absolute atomic E-state index is 0.114. The number of allylic oxidation sites excluding steroid dienone is 1. The SMILES string of the molecule is C=C/C(=C\n1ncc(C#N)c1Cc1ccc(N2CCN(S(=O)(=O)CC3(C#CC)CC3)CC2)nc1)OCC. The Kier molecular flexibility index (Phi) is 8.01. The van der Waals surface area contributed by atoms with Gasteiger partial charge in [-0.05, 0) is 44.4 Å². The van der Waals surface area contributed by atoms with Gasteiger partial charge < -0.3 is 9.64 Å². The molecule has 10 heteroatoms. The molecule has 1 saturated carbocycles. The van der Waals surface area contributed by atoms with Crippen LogP contribution in [0.15, 0.2) is 42.9 Å². The van der Waals surface area contributed by atoms with Gasteiger partial charge in [-0.2, -0.15) is 14.7 Å². The molecule has 0 bridgehead atoms. The first-order valence-electron chi connectivity index (χ1n) is 12.4. The predicted molar refractivity (Wildman–Crippen MR) is 143 cm³/mol. The Morgan fingerprint density at radius 1 is 1.24 bits per heavy atom. The van der Waals surface area contributed by atoms with Crippen LogP contribution in [0, 0.1) is 28.6 Å². The highest BCUT2D eigenvalue weighted by molar-refractivity contribution is 7.89. The Balaban J connectivity index is 1.40. The number of nitrogens with zero attached hydrogens (tertiary/aromatic N) is 6. The number of aromatic nitrogens is 3. The molecule has 1 saturated heterocycles. The maximum absolute atomic E-state index is 12.9. The molecule has 2 aromatic rings. The van der Waals surface area contributed by atoms with Crippen LogP contribution >= 0.6 is 0 Å². The molecule has 0 radical (unpaired) electrons. The summed E-state index contributed by atoms with van der Waals surface area (Å²) in [5.41, 5.74) is 1.81. The van der Waals surface area contributed by atoms with Crippen molar-refractivity contribution in [1.29, 1.82) is 5.26 Å². The van der Waals surface area contributed by atoms with Crippen molar-refractivity contribution in [2.75, 3.05) is 43.4 Å². The van der Waals surface area contributed by atoms with E-state index in [1.54, 1.807) is 34.4 Å². The smallest absolute Gasteiger partial charge is 0.215 e. The summed E-state index contributed by atoms with van der Waals surface area (Å²) in [7, 11) is -3.34. The second-order valence-electron chi connectivity index (χ2n) is 9.23. The van der Waals surface area contributed by atoms with E-state index in [4.69, 9.17) is 4.74 Å². The van der Waals surface area contributed by atoms with E-state index in [-0.39, 0.29) is 11.2 Å². The van der Waals surface area contributed by atoms with Gasteiger partial charge in [-0.3, -0.25) is 0 Å². The first-order chi connectivity index (χ1) is 17.8. The van der Waals surface area contributed by atoms with E-state index in [2.05, 4.69) is 39.5 Å². The van der Waals surface area contributed by atoms with Gasteiger partial charge in [0.05, 0.1) is 36.0 Å². The number of pyridine rings is 1. The molecular formula is C27H32N6O3S. The molecular weight excluding hydrogens is 488 g/mol. The quantitative estimate of drug-likeness (QED) is 0.269. The summed E-state index contributed by atoms with van der Waals surface area (Å²) in [6, 6.07) is 6.11. The largest absolute Gasteiger partial charge is 0.492 e. The highest BCUT2D eigenvalue weighted by Gasteiger charge is 2.46. The summed E-state index contributed by atoms with van der Waals surface area (Å²) in [6.07, 6.45) is 8.83. The van der Waals surface area contributed by atoms with Crippen molar-refractivity contribution in [2.24, 2.45) is 5.41 Å². The predicted octanol–water partition coefficient (Wildman–Crippen LogP) is 3.02. The molecule has 0 amide bonds. The molecule has 1 aliphatic heterocycles. The maximum atomic E-state index is 12.9. The Morgan fingerprint density at radius 3 is 2.57 bits per heavy atom. The lowest BCUT2D eigenvalue weighted by molar-refractivity contribution is 0.244. The Labute approximate surface area is 219 Å². The molecule has 0 unspecified atom stereocenters. The average molecular weight is 521 g/mol. The van der Waals surface area contributed by atoms with Gasteiger partial charge in [-0.1, -0.05) is 18.6 Å². The first-order valence-corrected chi connectivity index (χ1v) is 14.0. The van der Waals surface area contributed by atoms with Crippen LogP contribution < -0.4 is 4.90 Å². The van der Waals surface area contributed by atoms with Crippen LogP contribution in [0.3, 0.4) is 0 Å². The highest BCUT2D eigenvalue weighted by atomic mass is 32.2. The minimum atomic E-state index is -3.34. The van der Waals surface area contributed by atoms with Gasteiger partial charge in [0.15, 0.2) is 0 Å². The van der Waals surface area contributed by atoms with E-state index in [1.165, 1.54) is 6.20 Å². The van der Waals surface area contributed by atoms with Gasteiger partial charge in [0.2, 0.25) is 10.0 Å². The number of piperazine rings is 1. The molecule has 2 fully saturated rings. The standard InChI is InChI=1S/C27H32N6O3S/c1-4-9-27(10-11-27)21-37(34,35)32-14-12-31(13-15-32)26-8-7-22(18-29-26)16-25-23(17-28)19-30-33(25)20-24(5-2)36-6-3/h5,7-8,18-20H,2,6,10-16,21H2,1,3H3/b24-20+. The maximum Gasteiger partial charge on any atom is 0.215 e. The van der Waals surface area contributed by atoms with Crippen molar-refractivity contribution in [3.05, 3.63) is 59.8 Å². The van der Waals surface area contributed by atoms with Crippen LogP contribution in [-0.4, -0.2) is 66.0 Å². The van der Waals surface area contributed by atoms with Crippen LogP contribution in [0.4, 0.5) is 5.82 Å². The van der Waals surface area contributed by atoms with E-state index >= 15 is 0 Å². The van der Waals surface area contributed by atoms with Gasteiger partial charge in [0.1, 0.15) is 17.6 Å². The summed E-state index contributed by atoms with van der Waals surface area (Å²) >= 11 is 0. The van der Waals surface area contributed by atoms with Crippen LogP contribution in [0.25, 0.3) is 6.20 Å². The number of ether oxygens (including phenoxy) is 1. The van der Waals surface area contributed by atoms with Crippen LogP contribution in [0.1, 0.15) is 43.5 Å². The lowest BCUT2D eigenvalue weighted by Gasteiger charge is -2.35. The first kappa shape index (κ1) is 26.5. The fourth-order valence-corrected chi connectivity index (χ4v) is 6.42. The zero-order chi connectivity index (χ0) is 26.5. The Hall–Kier alpha value is -3.60. The molecule has 9 nitrogen and oxygen atoms in total. The molecule has 37 heavy (non-hydrogen) atoms. The summed E-state index contributed by atoms with van der Waals surface area (Å²) in [4.78, 5) is 6.72. The molecule has 0 N–H and O–H groups in total. The van der Waals surface area contributed by atoms with Gasteiger partial charge in [0.25, 0.3) is 0 Å². The molecule has 4 rings (SSSR count). The number of sulfonamides is 1. The molecule has 3 heterocycles. The van der Waals surface area contributed by atoms with Crippen molar-refractivity contribution < 1.29 is 13.2 Å². The fourth-order valence-electron chi connectivity index (χ4n) is 4.46. The van der Waals surface area contributed by atoms with Crippen LogP contribution in [-0.2, 0) is 21.2 Å². The van der Waals surface area contributed by atoms with Crippen molar-refractivity contribution in [3.63, 3.8) is 0 Å². The fraction of sp³-hybridized carbons (Fsp3) is 0.444. The van der Waals surface area contributed by atoms with Crippen LogP contribution in [0.5, 0.6) is 0 Å². The molecule has 2 aliphatic rings. The molecule has 1 aliphatic carbocycles. The van der Waals surface area contributed by atoms with Gasteiger partial charge in [-0.15, -0.1) is 5.92 Å². The molecule has 0 atom stereocenters. The topological polar surface area (TPSA) is 104 Å². The average Bonchev–Trinajstić information content (AvgIpc) is 3.54. The number of rotatable bonds is 10. The van der Waals surface area contributed by atoms with Gasteiger partial charge in [0, 0.05) is 44.2 Å². The Bertz CT molecular complexity index is 1360. The number of hydrogen-bond acceptors (Lipinski definition) is 7. The zero-order valence-corrected chi connectivity index (χ0v) is 22.2. The monoisotopic (exact) mass is 520 g/mol. The van der Waals surface area contributed by atoms with Crippen molar-refractivity contribution in [1.82, 2.24) is 19.1 Å². The third-order valence-electron chi connectivity index (χ3n) is 6.62. The summed E-state index contributed by atoms with van der Waals surface area (Å²) in [5, 5.41) is 13.8. The normalized spacial score (nSPS) is 17.4. The van der Waals surface area contributed by atoms with E-state index in [9.17, 15) is 13.7 Å². The van der Waals surface area contributed by atoms with Crippen molar-refractivity contribution in [3.8, 4) is 17.9 Å². The summed E-state index contributed by atoms with van der Waals surface area (Å²) < 4.78 is 34.6. The number of anilines is 1. The second-order valence-corrected chi connectivity index (χ2v) is 11.2. The van der Waals surface area contributed by atoms with E-state index in [0.29, 0.717) is 50.5 Å². The number of hydrogen-bond donors (Lipinski definition) is 0. The zero-order valence-electron chi connectivity index (χ0n) is 21.4. The van der Waals surface area contributed by atoms with Crippen LogP contribution in [0.2, 0.25) is 0 Å². The lowest BCUT2D eigenvalue weighted by atomic mass is 10.1. The van der Waals surface area contributed by atoms with Gasteiger partial charge in [-0.25, -0.2) is 18.1 Å². The van der Waals surface area contributed by atoms with Crippen molar-refractivity contribution >= 4 is 22.0 Å². The highest BCUT2D eigenvalue weighted by Crippen LogP contribution is 2.46. The van der Waals surface area contributed by atoms with E-state index in [1.807, 2.05) is 19.1 Å². The van der Waals surface area contributed by atoms with Gasteiger partial charge >= 0.3 is 0 Å². The molecule has 0 spiro atoms.